The first-order chi connectivity index (χ1) is 15.6. The highest BCUT2D eigenvalue weighted by atomic mass is 32.1. The van der Waals surface area contributed by atoms with E-state index in [-0.39, 0.29) is 12.5 Å². The van der Waals surface area contributed by atoms with Crippen LogP contribution in [0.2, 0.25) is 0 Å². The normalized spacial score (nSPS) is 16.9. The van der Waals surface area contributed by atoms with E-state index in [4.69, 9.17) is 23.9 Å². The lowest BCUT2D eigenvalue weighted by atomic mass is 10.2. The summed E-state index contributed by atoms with van der Waals surface area (Å²) in [7, 11) is 4.03. The number of carbonyl (C=O) groups is 1. The molecule has 2 aliphatic rings. The van der Waals surface area contributed by atoms with Crippen LogP contribution < -0.4 is 23.8 Å². The number of thiazole rings is 1. The Kier molecular flexibility index (Phi) is 5.75. The van der Waals surface area contributed by atoms with E-state index in [1.165, 1.54) is 11.3 Å². The lowest BCUT2D eigenvalue weighted by Crippen LogP contribution is -2.47. The van der Waals surface area contributed by atoms with E-state index >= 15 is 0 Å². The zero-order chi connectivity index (χ0) is 22.1. The number of hydrogen-bond acceptors (Lipinski definition) is 8. The van der Waals surface area contributed by atoms with Gasteiger partial charge in [0.1, 0.15) is 19.8 Å². The molecule has 0 radical (unpaired) electrons. The number of fused-ring (bicyclic) bond motifs is 3. The molecule has 2 aliphatic heterocycles. The Morgan fingerprint density at radius 2 is 1.78 bits per heavy atom. The van der Waals surface area contributed by atoms with Crippen molar-refractivity contribution >= 4 is 32.6 Å². The zero-order valence-electron chi connectivity index (χ0n) is 18.1. The van der Waals surface area contributed by atoms with Gasteiger partial charge < -0.3 is 23.8 Å². The van der Waals surface area contributed by atoms with Gasteiger partial charge in [-0.1, -0.05) is 23.5 Å². The van der Waals surface area contributed by atoms with E-state index in [1.54, 1.807) is 4.90 Å². The third-order valence-electron chi connectivity index (χ3n) is 5.31. The predicted octanol–water partition coefficient (Wildman–Crippen LogP) is 3.19. The summed E-state index contributed by atoms with van der Waals surface area (Å²) in [6, 6.07) is 11.2. The number of aromatic nitrogens is 1. The van der Waals surface area contributed by atoms with Crippen molar-refractivity contribution in [1.29, 1.82) is 0 Å². The summed E-state index contributed by atoms with van der Waals surface area (Å²) in [4.78, 5) is 22.1. The molecule has 2 aromatic carbocycles. The number of amides is 1. The molecule has 32 heavy (non-hydrogen) atoms. The van der Waals surface area contributed by atoms with Gasteiger partial charge >= 0.3 is 0 Å². The molecule has 0 saturated heterocycles. The lowest BCUT2D eigenvalue weighted by molar-refractivity contribution is -0.127. The number of ether oxygens (including phenoxy) is 4. The van der Waals surface area contributed by atoms with Gasteiger partial charge in [0.2, 0.25) is 6.10 Å². The number of benzene rings is 2. The largest absolute Gasteiger partial charge is 0.486 e. The second kappa shape index (κ2) is 8.84. The van der Waals surface area contributed by atoms with Crippen LogP contribution in [0, 0.1) is 0 Å². The SMILES string of the molecule is CN(C)CCCN(C(=O)C1COc2ccccc2O1)c1nc2cc3c(cc2s1)OCCO3. The predicted molar refractivity (Wildman–Crippen MR) is 122 cm³/mol. The molecule has 1 amide bonds. The van der Waals surface area contributed by atoms with Crippen LogP contribution >= 0.6 is 11.3 Å². The fourth-order valence-electron chi connectivity index (χ4n) is 3.73. The summed E-state index contributed by atoms with van der Waals surface area (Å²) >= 11 is 1.46. The molecule has 0 bridgehead atoms. The summed E-state index contributed by atoms with van der Waals surface area (Å²) in [5.41, 5.74) is 0.783. The Bertz CT molecular complexity index is 1090. The number of nitrogens with zero attached hydrogens (tertiary/aromatic N) is 3. The molecule has 9 heteroatoms. The van der Waals surface area contributed by atoms with Gasteiger partial charge in [-0.15, -0.1) is 0 Å². The molecule has 1 aromatic heterocycles. The molecular formula is C23H25N3O5S. The first-order valence-corrected chi connectivity index (χ1v) is 11.4. The summed E-state index contributed by atoms with van der Waals surface area (Å²) < 4.78 is 24.1. The molecular weight excluding hydrogens is 430 g/mol. The maximum absolute atomic E-state index is 13.5. The van der Waals surface area contributed by atoms with Gasteiger partial charge in [0, 0.05) is 18.7 Å². The first-order valence-electron chi connectivity index (χ1n) is 10.6. The van der Waals surface area contributed by atoms with Crippen molar-refractivity contribution in [3.05, 3.63) is 36.4 Å². The summed E-state index contributed by atoms with van der Waals surface area (Å²) in [5, 5.41) is 0.633. The van der Waals surface area contributed by atoms with Crippen molar-refractivity contribution in [3.8, 4) is 23.0 Å². The number of para-hydroxylation sites is 2. The molecule has 0 aliphatic carbocycles. The van der Waals surface area contributed by atoms with Crippen molar-refractivity contribution in [2.75, 3.05) is 51.9 Å². The minimum Gasteiger partial charge on any atom is -0.486 e. The van der Waals surface area contributed by atoms with Crippen LogP contribution in [0.5, 0.6) is 23.0 Å². The molecule has 0 N–H and O–H groups in total. The maximum Gasteiger partial charge on any atom is 0.273 e. The molecule has 168 valence electrons. The van der Waals surface area contributed by atoms with Crippen LogP contribution in [-0.4, -0.2) is 68.9 Å². The van der Waals surface area contributed by atoms with E-state index in [1.807, 2.05) is 50.5 Å². The Hall–Kier alpha value is -3.04. The highest BCUT2D eigenvalue weighted by molar-refractivity contribution is 7.22. The Labute approximate surface area is 190 Å². The number of anilines is 1. The fourth-order valence-corrected chi connectivity index (χ4v) is 4.74. The van der Waals surface area contributed by atoms with Crippen molar-refractivity contribution in [2.24, 2.45) is 0 Å². The van der Waals surface area contributed by atoms with Gasteiger partial charge in [-0.3, -0.25) is 9.69 Å². The number of hydrogen-bond donors (Lipinski definition) is 0. The fraction of sp³-hybridized carbons (Fsp3) is 0.391. The molecule has 8 nitrogen and oxygen atoms in total. The van der Waals surface area contributed by atoms with Crippen molar-refractivity contribution < 1.29 is 23.7 Å². The van der Waals surface area contributed by atoms with E-state index in [0.29, 0.717) is 47.9 Å². The highest BCUT2D eigenvalue weighted by Gasteiger charge is 2.33. The van der Waals surface area contributed by atoms with Crippen LogP contribution in [0.3, 0.4) is 0 Å². The zero-order valence-corrected chi connectivity index (χ0v) is 18.9. The van der Waals surface area contributed by atoms with Gasteiger partial charge in [0.25, 0.3) is 5.91 Å². The monoisotopic (exact) mass is 455 g/mol. The molecule has 1 unspecified atom stereocenters. The minimum atomic E-state index is -0.726. The average molecular weight is 456 g/mol. The highest BCUT2D eigenvalue weighted by Crippen LogP contribution is 2.39. The van der Waals surface area contributed by atoms with Gasteiger partial charge in [-0.25, -0.2) is 4.98 Å². The topological polar surface area (TPSA) is 73.4 Å². The van der Waals surface area contributed by atoms with E-state index in [0.717, 1.165) is 23.2 Å². The van der Waals surface area contributed by atoms with Crippen LogP contribution in [0.1, 0.15) is 6.42 Å². The molecule has 0 fully saturated rings. The Balaban J connectivity index is 1.43. The molecule has 0 spiro atoms. The summed E-state index contributed by atoms with van der Waals surface area (Å²) in [6.07, 6.45) is 0.0813. The van der Waals surface area contributed by atoms with Crippen LogP contribution in [0.25, 0.3) is 10.2 Å². The number of rotatable bonds is 6. The van der Waals surface area contributed by atoms with Crippen molar-refractivity contribution in [3.63, 3.8) is 0 Å². The first kappa shape index (κ1) is 20.8. The van der Waals surface area contributed by atoms with Gasteiger partial charge in [0.05, 0.1) is 10.2 Å². The second-order valence-electron chi connectivity index (χ2n) is 7.97. The minimum absolute atomic E-state index is 0.158. The molecule has 0 saturated carbocycles. The third kappa shape index (κ3) is 4.18. The van der Waals surface area contributed by atoms with E-state index in [9.17, 15) is 4.79 Å². The second-order valence-corrected chi connectivity index (χ2v) is 8.98. The standard InChI is InChI=1S/C23H25N3O5S/c1-25(2)8-5-9-26(22(27)20-14-30-16-6-3-4-7-17(16)31-20)23-24-15-12-18-19(13-21(15)32-23)29-11-10-28-18/h3-4,6-7,12-13,20H,5,8-11,14H2,1-2H3. The third-order valence-corrected chi connectivity index (χ3v) is 6.35. The molecule has 5 rings (SSSR count). The summed E-state index contributed by atoms with van der Waals surface area (Å²) in [5.74, 6) is 2.48. The quantitative estimate of drug-likeness (QED) is 0.565. The molecule has 3 heterocycles. The maximum atomic E-state index is 13.5. The summed E-state index contributed by atoms with van der Waals surface area (Å²) in [6.45, 7) is 2.60. The van der Waals surface area contributed by atoms with Crippen molar-refractivity contribution in [1.82, 2.24) is 9.88 Å². The lowest BCUT2D eigenvalue weighted by Gasteiger charge is -2.29. The van der Waals surface area contributed by atoms with Gasteiger partial charge in [-0.05, 0) is 39.2 Å². The van der Waals surface area contributed by atoms with Crippen LogP contribution in [-0.2, 0) is 4.79 Å². The smallest absolute Gasteiger partial charge is 0.273 e. The van der Waals surface area contributed by atoms with Gasteiger partial charge in [-0.2, -0.15) is 0 Å². The Morgan fingerprint density at radius 3 is 2.56 bits per heavy atom. The van der Waals surface area contributed by atoms with Crippen molar-refractivity contribution in [2.45, 2.75) is 12.5 Å². The van der Waals surface area contributed by atoms with E-state index < -0.39 is 6.10 Å². The average Bonchev–Trinajstić information content (AvgIpc) is 3.21. The van der Waals surface area contributed by atoms with Gasteiger partial charge in [0.15, 0.2) is 28.1 Å². The molecule has 3 aromatic rings. The molecule has 1 atom stereocenters. The van der Waals surface area contributed by atoms with Crippen LogP contribution in [0.4, 0.5) is 5.13 Å². The number of carbonyl (C=O) groups excluding carboxylic acids is 1. The van der Waals surface area contributed by atoms with E-state index in [2.05, 4.69) is 4.90 Å². The van der Waals surface area contributed by atoms with Crippen LogP contribution in [0.15, 0.2) is 36.4 Å². The Morgan fingerprint density at radius 1 is 1.03 bits per heavy atom.